The highest BCUT2D eigenvalue weighted by molar-refractivity contribution is 5.87. The Morgan fingerprint density at radius 1 is 1.19 bits per heavy atom. The lowest BCUT2D eigenvalue weighted by Crippen LogP contribution is -2.25. The number of carbonyl (C=O) groups excluding carboxylic acids is 1. The van der Waals surface area contributed by atoms with Crippen LogP contribution >= 0.6 is 0 Å². The molecule has 1 amide bonds. The number of hydrogen-bond donors (Lipinski definition) is 2. The first-order valence-corrected chi connectivity index (χ1v) is 8.17. The first-order valence-electron chi connectivity index (χ1n) is 8.17. The van der Waals surface area contributed by atoms with Crippen molar-refractivity contribution < 1.29 is 19.0 Å². The van der Waals surface area contributed by atoms with E-state index in [9.17, 15) is 4.79 Å². The Bertz CT molecular complexity index is 849. The summed E-state index contributed by atoms with van der Waals surface area (Å²) in [5.41, 5.74) is 6.44. The number of amides is 1. The molecular formula is C19H21N3O4. The fourth-order valence-corrected chi connectivity index (χ4v) is 2.46. The standard InChI is InChI=1S/C19H21N3O4/c1-12-4-5-15(6-13(12)2)20-10-19(23)22-21-9-14-7-17-18(26-11-25-17)8-16(14)24-3/h4-9,20H,10-11H2,1-3H3,(H,22,23)/b21-9+. The van der Waals surface area contributed by atoms with Gasteiger partial charge in [-0.15, -0.1) is 0 Å². The predicted molar refractivity (Wildman–Crippen MR) is 99.3 cm³/mol. The predicted octanol–water partition coefficient (Wildman–Crippen LogP) is 2.60. The van der Waals surface area contributed by atoms with Gasteiger partial charge >= 0.3 is 0 Å². The molecule has 1 aliphatic rings. The van der Waals surface area contributed by atoms with Gasteiger partial charge in [-0.3, -0.25) is 4.79 Å². The van der Waals surface area contributed by atoms with Crippen LogP contribution in [0.4, 0.5) is 5.69 Å². The molecule has 0 spiro atoms. The highest BCUT2D eigenvalue weighted by atomic mass is 16.7. The maximum Gasteiger partial charge on any atom is 0.259 e. The summed E-state index contributed by atoms with van der Waals surface area (Å²) in [7, 11) is 1.56. The molecule has 0 fully saturated rings. The summed E-state index contributed by atoms with van der Waals surface area (Å²) < 4.78 is 15.9. The fourth-order valence-electron chi connectivity index (χ4n) is 2.46. The Labute approximate surface area is 152 Å². The molecule has 3 rings (SSSR count). The first kappa shape index (κ1) is 17.6. The summed E-state index contributed by atoms with van der Waals surface area (Å²) >= 11 is 0. The number of fused-ring (bicyclic) bond motifs is 1. The van der Waals surface area contributed by atoms with Crippen LogP contribution in [0.25, 0.3) is 0 Å². The van der Waals surface area contributed by atoms with Crippen LogP contribution in [0.2, 0.25) is 0 Å². The van der Waals surface area contributed by atoms with Crippen molar-refractivity contribution in [1.29, 1.82) is 0 Å². The number of nitrogens with zero attached hydrogens (tertiary/aromatic N) is 1. The lowest BCUT2D eigenvalue weighted by molar-refractivity contribution is -0.119. The second kappa shape index (κ2) is 7.77. The van der Waals surface area contributed by atoms with Crippen molar-refractivity contribution in [3.63, 3.8) is 0 Å². The van der Waals surface area contributed by atoms with E-state index in [0.29, 0.717) is 22.8 Å². The number of rotatable bonds is 6. The molecule has 0 atom stereocenters. The van der Waals surface area contributed by atoms with Crippen molar-refractivity contribution in [1.82, 2.24) is 5.43 Å². The molecule has 7 heteroatoms. The van der Waals surface area contributed by atoms with Gasteiger partial charge < -0.3 is 19.5 Å². The third-order valence-corrected chi connectivity index (χ3v) is 4.08. The molecule has 2 N–H and O–H groups in total. The van der Waals surface area contributed by atoms with Crippen molar-refractivity contribution in [2.75, 3.05) is 25.8 Å². The van der Waals surface area contributed by atoms with Crippen LogP contribution < -0.4 is 25.0 Å². The summed E-state index contributed by atoms with van der Waals surface area (Å²) in [6.45, 7) is 4.38. The van der Waals surface area contributed by atoms with Gasteiger partial charge in [0.15, 0.2) is 11.5 Å². The lowest BCUT2D eigenvalue weighted by atomic mass is 10.1. The average molecular weight is 355 g/mol. The second-order valence-corrected chi connectivity index (χ2v) is 5.89. The van der Waals surface area contributed by atoms with Gasteiger partial charge in [-0.05, 0) is 43.2 Å². The van der Waals surface area contributed by atoms with Crippen molar-refractivity contribution in [2.45, 2.75) is 13.8 Å². The second-order valence-electron chi connectivity index (χ2n) is 5.89. The van der Waals surface area contributed by atoms with E-state index >= 15 is 0 Å². The maximum atomic E-state index is 11.9. The van der Waals surface area contributed by atoms with Crippen LogP contribution in [-0.4, -0.2) is 32.6 Å². The SMILES string of the molecule is COc1cc2c(cc1/C=N/NC(=O)CNc1ccc(C)c(C)c1)OCO2. The van der Waals surface area contributed by atoms with Gasteiger partial charge in [-0.2, -0.15) is 5.10 Å². The van der Waals surface area contributed by atoms with Crippen LogP contribution in [-0.2, 0) is 4.79 Å². The molecule has 0 saturated heterocycles. The number of benzene rings is 2. The molecule has 0 radical (unpaired) electrons. The molecule has 2 aromatic carbocycles. The van der Waals surface area contributed by atoms with E-state index in [1.165, 1.54) is 17.3 Å². The number of anilines is 1. The molecule has 26 heavy (non-hydrogen) atoms. The highest BCUT2D eigenvalue weighted by Gasteiger charge is 2.17. The normalized spacial score (nSPS) is 12.3. The molecule has 0 bridgehead atoms. The Hall–Kier alpha value is -3.22. The Morgan fingerprint density at radius 3 is 2.69 bits per heavy atom. The number of hydrogen-bond acceptors (Lipinski definition) is 6. The first-order chi connectivity index (χ1) is 12.6. The number of nitrogens with one attached hydrogen (secondary N) is 2. The zero-order valence-corrected chi connectivity index (χ0v) is 15.0. The summed E-state index contributed by atoms with van der Waals surface area (Å²) in [6.07, 6.45) is 1.51. The number of aryl methyl sites for hydroxylation is 2. The topological polar surface area (TPSA) is 81.2 Å². The fraction of sp³-hybridized carbons (Fsp3) is 0.263. The minimum absolute atomic E-state index is 0.123. The highest BCUT2D eigenvalue weighted by Crippen LogP contribution is 2.37. The van der Waals surface area contributed by atoms with E-state index in [-0.39, 0.29) is 19.2 Å². The third-order valence-electron chi connectivity index (χ3n) is 4.08. The van der Waals surface area contributed by atoms with E-state index < -0.39 is 0 Å². The largest absolute Gasteiger partial charge is 0.496 e. The number of hydrazone groups is 1. The Morgan fingerprint density at radius 2 is 1.96 bits per heavy atom. The quantitative estimate of drug-likeness (QED) is 0.615. The monoisotopic (exact) mass is 355 g/mol. The van der Waals surface area contributed by atoms with E-state index in [4.69, 9.17) is 14.2 Å². The molecule has 136 valence electrons. The van der Waals surface area contributed by atoms with Gasteiger partial charge in [0.05, 0.1) is 19.9 Å². The van der Waals surface area contributed by atoms with Crippen LogP contribution in [0, 0.1) is 13.8 Å². The van der Waals surface area contributed by atoms with Gasteiger partial charge in [-0.25, -0.2) is 5.43 Å². The smallest absolute Gasteiger partial charge is 0.259 e. The molecule has 0 unspecified atom stereocenters. The van der Waals surface area contributed by atoms with Crippen molar-refractivity contribution in [3.05, 3.63) is 47.0 Å². The maximum absolute atomic E-state index is 11.9. The van der Waals surface area contributed by atoms with Crippen molar-refractivity contribution in [2.24, 2.45) is 5.10 Å². The summed E-state index contributed by atoms with van der Waals surface area (Å²) in [5, 5.41) is 7.05. The molecule has 0 saturated carbocycles. The van der Waals surface area contributed by atoms with Crippen molar-refractivity contribution >= 4 is 17.8 Å². The molecular weight excluding hydrogens is 334 g/mol. The molecule has 2 aromatic rings. The van der Waals surface area contributed by atoms with Gasteiger partial charge in [0.25, 0.3) is 5.91 Å². The molecule has 0 aromatic heterocycles. The number of ether oxygens (including phenoxy) is 3. The average Bonchev–Trinajstić information content (AvgIpc) is 3.09. The zero-order chi connectivity index (χ0) is 18.5. The van der Waals surface area contributed by atoms with E-state index in [2.05, 4.69) is 15.8 Å². The Kier molecular flexibility index (Phi) is 5.26. The molecule has 1 heterocycles. The van der Waals surface area contributed by atoms with Crippen LogP contribution in [0.3, 0.4) is 0 Å². The van der Waals surface area contributed by atoms with Gasteiger partial charge in [0.1, 0.15) is 5.75 Å². The van der Waals surface area contributed by atoms with Crippen LogP contribution in [0.15, 0.2) is 35.4 Å². The van der Waals surface area contributed by atoms with Crippen LogP contribution in [0.5, 0.6) is 17.2 Å². The lowest BCUT2D eigenvalue weighted by Gasteiger charge is -2.08. The molecule has 0 aliphatic carbocycles. The minimum atomic E-state index is -0.251. The summed E-state index contributed by atoms with van der Waals surface area (Å²) in [6, 6.07) is 9.44. The summed E-state index contributed by atoms with van der Waals surface area (Å²) in [4.78, 5) is 11.9. The zero-order valence-electron chi connectivity index (χ0n) is 15.0. The summed E-state index contributed by atoms with van der Waals surface area (Å²) in [5.74, 6) is 1.58. The van der Waals surface area contributed by atoms with Crippen molar-refractivity contribution in [3.8, 4) is 17.2 Å². The number of carbonyl (C=O) groups is 1. The van der Waals surface area contributed by atoms with E-state index in [1.54, 1.807) is 19.2 Å². The third kappa shape index (κ3) is 4.05. The van der Waals surface area contributed by atoms with E-state index in [0.717, 1.165) is 5.69 Å². The molecule has 7 nitrogen and oxygen atoms in total. The Balaban J connectivity index is 1.56. The number of methoxy groups -OCH3 is 1. The van der Waals surface area contributed by atoms with Gasteiger partial charge in [0, 0.05) is 17.3 Å². The minimum Gasteiger partial charge on any atom is -0.496 e. The van der Waals surface area contributed by atoms with Gasteiger partial charge in [0.2, 0.25) is 6.79 Å². The van der Waals surface area contributed by atoms with Gasteiger partial charge in [-0.1, -0.05) is 6.07 Å². The van der Waals surface area contributed by atoms with Crippen LogP contribution in [0.1, 0.15) is 16.7 Å². The van der Waals surface area contributed by atoms with E-state index in [1.807, 2.05) is 32.0 Å². The molecule has 1 aliphatic heterocycles.